The van der Waals surface area contributed by atoms with E-state index in [1.165, 1.54) is 0 Å². The molecular weight excluding hydrogens is 238 g/mol. The van der Waals surface area contributed by atoms with Crippen LogP contribution in [-0.4, -0.2) is 42.5 Å². The van der Waals surface area contributed by atoms with Crippen molar-refractivity contribution in [3.63, 3.8) is 0 Å². The number of hydrogen-bond acceptors (Lipinski definition) is 2. The molecular formula is C12H14ClN3O. The summed E-state index contributed by atoms with van der Waals surface area (Å²) in [5.41, 5.74) is 2.18. The van der Waals surface area contributed by atoms with Crippen LogP contribution < -0.4 is 5.32 Å². The molecule has 17 heavy (non-hydrogen) atoms. The fourth-order valence-electron chi connectivity index (χ4n) is 2.80. The molecule has 2 aliphatic rings. The minimum atomic E-state index is 0.0645. The molecule has 2 amide bonds. The van der Waals surface area contributed by atoms with E-state index in [0.29, 0.717) is 5.02 Å². The normalized spacial score (nSPS) is 26.6. The van der Waals surface area contributed by atoms with Gasteiger partial charge in [-0.1, -0.05) is 11.6 Å². The molecule has 2 atom stereocenters. The van der Waals surface area contributed by atoms with Gasteiger partial charge in [-0.25, -0.2) is 4.79 Å². The summed E-state index contributed by atoms with van der Waals surface area (Å²) in [6, 6.07) is 6.14. The quantitative estimate of drug-likeness (QED) is 0.767. The summed E-state index contributed by atoms with van der Waals surface area (Å²) in [5, 5.41) is 4.06. The van der Waals surface area contributed by atoms with Crippen LogP contribution in [0.25, 0.3) is 0 Å². The van der Waals surface area contributed by atoms with Gasteiger partial charge in [0.15, 0.2) is 0 Å². The van der Waals surface area contributed by atoms with Gasteiger partial charge >= 0.3 is 6.03 Å². The second-order valence-corrected chi connectivity index (χ2v) is 5.07. The van der Waals surface area contributed by atoms with Crippen LogP contribution in [-0.2, 0) is 0 Å². The number of hydrogen-bond donors (Lipinski definition) is 1. The van der Waals surface area contributed by atoms with E-state index in [1.807, 2.05) is 32.3 Å². The molecule has 1 fully saturated rings. The lowest BCUT2D eigenvalue weighted by Gasteiger charge is -2.33. The molecule has 90 valence electrons. The van der Waals surface area contributed by atoms with Crippen molar-refractivity contribution >= 4 is 23.3 Å². The molecule has 3 rings (SSSR count). The molecule has 2 aliphatic heterocycles. The lowest BCUT2D eigenvalue weighted by atomic mass is 9.94. The molecule has 1 aromatic carbocycles. The third kappa shape index (κ3) is 1.40. The first-order chi connectivity index (χ1) is 8.09. The van der Waals surface area contributed by atoms with E-state index in [1.54, 1.807) is 9.80 Å². The number of likely N-dealkylation sites (N-methyl/N-ethyl adjacent to an activating group) is 2. The fraction of sp³-hybridized carbons (Fsp3) is 0.417. The van der Waals surface area contributed by atoms with E-state index in [4.69, 9.17) is 11.6 Å². The average Bonchev–Trinajstić information content (AvgIpc) is 2.54. The molecule has 2 unspecified atom stereocenters. The highest BCUT2D eigenvalue weighted by Gasteiger charge is 2.45. The van der Waals surface area contributed by atoms with Gasteiger partial charge in [-0.05, 0) is 18.2 Å². The van der Waals surface area contributed by atoms with E-state index in [2.05, 4.69) is 5.32 Å². The Hall–Kier alpha value is -1.42. The monoisotopic (exact) mass is 251 g/mol. The zero-order valence-electron chi connectivity index (χ0n) is 9.77. The minimum Gasteiger partial charge on any atom is -0.383 e. The molecule has 1 saturated heterocycles. The highest BCUT2D eigenvalue weighted by Crippen LogP contribution is 2.41. The maximum absolute atomic E-state index is 12.0. The zero-order valence-corrected chi connectivity index (χ0v) is 10.5. The number of fused-ring (bicyclic) bond motifs is 3. The summed E-state index contributed by atoms with van der Waals surface area (Å²) in [6.07, 6.45) is 0. The van der Waals surface area contributed by atoms with Crippen molar-refractivity contribution < 1.29 is 4.79 Å². The van der Waals surface area contributed by atoms with Crippen LogP contribution in [0.3, 0.4) is 0 Å². The standard InChI is InChI=1S/C12H14ClN3O/c1-15-10-6-14-9-4-3-7(13)5-8(9)11(10)16(2)12(15)17/h3-5,10-11,14H,6H2,1-2H3. The first-order valence-corrected chi connectivity index (χ1v) is 6.00. The van der Waals surface area contributed by atoms with Crippen molar-refractivity contribution in [3.8, 4) is 0 Å². The summed E-state index contributed by atoms with van der Waals surface area (Å²) in [4.78, 5) is 15.5. The molecule has 0 saturated carbocycles. The number of urea groups is 1. The summed E-state index contributed by atoms with van der Waals surface area (Å²) in [7, 11) is 3.69. The van der Waals surface area contributed by atoms with Crippen LogP contribution in [0.15, 0.2) is 18.2 Å². The second-order valence-electron chi connectivity index (χ2n) is 4.63. The third-order valence-corrected chi connectivity index (χ3v) is 3.95. The van der Waals surface area contributed by atoms with Crippen molar-refractivity contribution in [2.45, 2.75) is 12.1 Å². The lowest BCUT2D eigenvalue weighted by Crippen LogP contribution is -2.39. The van der Waals surface area contributed by atoms with Crippen LogP contribution in [0.5, 0.6) is 0 Å². The molecule has 0 aliphatic carbocycles. The van der Waals surface area contributed by atoms with Crippen molar-refractivity contribution in [3.05, 3.63) is 28.8 Å². The van der Waals surface area contributed by atoms with E-state index < -0.39 is 0 Å². The van der Waals surface area contributed by atoms with Gasteiger partial charge in [0, 0.05) is 36.9 Å². The number of nitrogens with zero attached hydrogens (tertiary/aromatic N) is 2. The van der Waals surface area contributed by atoms with Crippen LogP contribution in [0.2, 0.25) is 5.02 Å². The van der Waals surface area contributed by atoms with Gasteiger partial charge in [0.1, 0.15) is 0 Å². The Kier molecular flexibility index (Phi) is 2.23. The van der Waals surface area contributed by atoms with Crippen molar-refractivity contribution in [1.82, 2.24) is 9.80 Å². The van der Waals surface area contributed by atoms with Gasteiger partial charge in [0.25, 0.3) is 0 Å². The molecule has 5 heteroatoms. The summed E-state index contributed by atoms with van der Waals surface area (Å²) in [5.74, 6) is 0. The number of benzene rings is 1. The maximum Gasteiger partial charge on any atom is 0.320 e. The zero-order chi connectivity index (χ0) is 12.2. The van der Waals surface area contributed by atoms with Crippen LogP contribution in [0.1, 0.15) is 11.6 Å². The van der Waals surface area contributed by atoms with Crippen LogP contribution >= 0.6 is 11.6 Å². The molecule has 2 heterocycles. The van der Waals surface area contributed by atoms with Crippen LogP contribution in [0, 0.1) is 0 Å². The summed E-state index contributed by atoms with van der Waals surface area (Å²) >= 11 is 6.04. The van der Waals surface area contributed by atoms with Gasteiger partial charge in [0.2, 0.25) is 0 Å². The van der Waals surface area contributed by atoms with Gasteiger partial charge < -0.3 is 15.1 Å². The van der Waals surface area contributed by atoms with E-state index in [-0.39, 0.29) is 18.1 Å². The van der Waals surface area contributed by atoms with Gasteiger partial charge in [-0.3, -0.25) is 0 Å². The Labute approximate surface area is 105 Å². The maximum atomic E-state index is 12.0. The van der Waals surface area contributed by atoms with Crippen molar-refractivity contribution in [2.24, 2.45) is 0 Å². The first kappa shape index (κ1) is 10.7. The number of carbonyl (C=O) groups excluding carboxylic acids is 1. The minimum absolute atomic E-state index is 0.0645. The number of rotatable bonds is 0. The van der Waals surface area contributed by atoms with E-state index in [0.717, 1.165) is 17.8 Å². The smallest absolute Gasteiger partial charge is 0.320 e. The number of halogens is 1. The van der Waals surface area contributed by atoms with Gasteiger partial charge in [-0.2, -0.15) is 0 Å². The predicted molar refractivity (Wildman–Crippen MR) is 67.4 cm³/mol. The van der Waals surface area contributed by atoms with Gasteiger partial charge in [0.05, 0.1) is 12.1 Å². The molecule has 0 radical (unpaired) electrons. The van der Waals surface area contributed by atoms with Gasteiger partial charge in [-0.15, -0.1) is 0 Å². The SMILES string of the molecule is CN1C(=O)N(C)C2c3cc(Cl)ccc3NCC21. The largest absolute Gasteiger partial charge is 0.383 e. The van der Waals surface area contributed by atoms with Crippen molar-refractivity contribution in [2.75, 3.05) is 26.0 Å². The molecule has 1 N–H and O–H groups in total. The fourth-order valence-corrected chi connectivity index (χ4v) is 2.98. The summed E-state index contributed by atoms with van der Waals surface area (Å²) < 4.78 is 0. The summed E-state index contributed by atoms with van der Waals surface area (Å²) in [6.45, 7) is 0.784. The molecule has 0 bridgehead atoms. The number of carbonyl (C=O) groups is 1. The van der Waals surface area contributed by atoms with Crippen molar-refractivity contribution in [1.29, 1.82) is 0 Å². The lowest BCUT2D eigenvalue weighted by molar-refractivity contribution is 0.200. The Morgan fingerprint density at radius 3 is 2.88 bits per heavy atom. The van der Waals surface area contributed by atoms with E-state index in [9.17, 15) is 4.79 Å². The molecule has 4 nitrogen and oxygen atoms in total. The Balaban J connectivity index is 2.11. The van der Waals surface area contributed by atoms with E-state index >= 15 is 0 Å². The first-order valence-electron chi connectivity index (χ1n) is 5.62. The Morgan fingerprint density at radius 1 is 1.35 bits per heavy atom. The number of nitrogens with one attached hydrogen (secondary N) is 1. The molecule has 0 aromatic heterocycles. The second kappa shape index (κ2) is 3.53. The molecule has 1 aromatic rings. The molecule has 0 spiro atoms. The number of amides is 2. The topological polar surface area (TPSA) is 35.6 Å². The Bertz CT molecular complexity index is 491. The third-order valence-electron chi connectivity index (χ3n) is 3.72. The Morgan fingerprint density at radius 2 is 2.12 bits per heavy atom. The average molecular weight is 252 g/mol. The van der Waals surface area contributed by atoms with Crippen LogP contribution in [0.4, 0.5) is 10.5 Å². The highest BCUT2D eigenvalue weighted by molar-refractivity contribution is 6.30. The highest BCUT2D eigenvalue weighted by atomic mass is 35.5. The number of anilines is 1. The predicted octanol–water partition coefficient (Wildman–Crippen LogP) is 2.17.